The van der Waals surface area contributed by atoms with Crippen LogP contribution in [0.25, 0.3) is 5.82 Å². The van der Waals surface area contributed by atoms with Gasteiger partial charge in [-0.3, -0.25) is 9.25 Å². The van der Waals surface area contributed by atoms with E-state index in [1.165, 1.54) is 5.56 Å². The minimum Gasteiger partial charge on any atom is -0.315 e. The summed E-state index contributed by atoms with van der Waals surface area (Å²) in [7, 11) is 3.90. The van der Waals surface area contributed by atoms with E-state index in [9.17, 15) is 0 Å². The first-order valence-corrected chi connectivity index (χ1v) is 5.32. The molecular weight excluding hydrogens is 202 g/mol. The van der Waals surface area contributed by atoms with E-state index in [4.69, 9.17) is 0 Å². The largest absolute Gasteiger partial charge is 0.315 e. The molecule has 5 nitrogen and oxygen atoms in total. The van der Waals surface area contributed by atoms with Gasteiger partial charge in [0.05, 0.1) is 5.69 Å². The molecule has 0 unspecified atom stereocenters. The van der Waals surface area contributed by atoms with Gasteiger partial charge >= 0.3 is 0 Å². The minimum atomic E-state index is 0.812. The zero-order valence-electron chi connectivity index (χ0n) is 10.2. The topological polar surface area (TPSA) is 47.7 Å². The van der Waals surface area contributed by atoms with Gasteiger partial charge in [-0.25, -0.2) is 4.98 Å². The highest BCUT2D eigenvalue weighted by atomic mass is 15.3. The summed E-state index contributed by atoms with van der Waals surface area (Å²) in [5.41, 5.74) is 2.27. The molecule has 0 aliphatic carbocycles. The van der Waals surface area contributed by atoms with Gasteiger partial charge in [-0.1, -0.05) is 0 Å². The van der Waals surface area contributed by atoms with Crippen molar-refractivity contribution in [2.75, 3.05) is 7.05 Å². The molecular formula is C11H17N5. The van der Waals surface area contributed by atoms with E-state index in [1.54, 1.807) is 6.20 Å². The Balaban J connectivity index is 2.59. The van der Waals surface area contributed by atoms with E-state index in [0.29, 0.717) is 0 Å². The Morgan fingerprint density at radius 3 is 2.69 bits per heavy atom. The van der Waals surface area contributed by atoms with Gasteiger partial charge in [-0.15, -0.1) is 0 Å². The van der Waals surface area contributed by atoms with Crippen LogP contribution in [-0.4, -0.2) is 26.4 Å². The van der Waals surface area contributed by atoms with Crippen LogP contribution in [0.5, 0.6) is 0 Å². The maximum absolute atomic E-state index is 4.45. The van der Waals surface area contributed by atoms with Gasteiger partial charge in [-0.05, 0) is 20.9 Å². The maximum Gasteiger partial charge on any atom is 0.140 e. The highest BCUT2D eigenvalue weighted by molar-refractivity contribution is 5.39. The van der Waals surface area contributed by atoms with E-state index in [-0.39, 0.29) is 0 Å². The number of hydrogen-bond acceptors (Lipinski definition) is 3. The molecule has 0 saturated carbocycles. The first kappa shape index (κ1) is 10.9. The Hall–Kier alpha value is -1.62. The lowest BCUT2D eigenvalue weighted by Crippen LogP contribution is -2.11. The van der Waals surface area contributed by atoms with Crippen LogP contribution in [0.4, 0.5) is 0 Å². The van der Waals surface area contributed by atoms with Crippen LogP contribution in [0.15, 0.2) is 12.4 Å². The fourth-order valence-electron chi connectivity index (χ4n) is 1.98. The fourth-order valence-corrected chi connectivity index (χ4v) is 1.98. The molecule has 0 radical (unpaired) electrons. The number of nitrogens with zero attached hydrogens (tertiary/aromatic N) is 4. The smallest absolute Gasteiger partial charge is 0.140 e. The van der Waals surface area contributed by atoms with Crippen molar-refractivity contribution in [3.8, 4) is 5.82 Å². The zero-order valence-corrected chi connectivity index (χ0v) is 10.2. The summed E-state index contributed by atoms with van der Waals surface area (Å²) in [6.07, 6.45) is 3.77. The highest BCUT2D eigenvalue weighted by Gasteiger charge is 2.15. The minimum absolute atomic E-state index is 0.812. The number of rotatable bonds is 3. The molecule has 1 N–H and O–H groups in total. The molecule has 16 heavy (non-hydrogen) atoms. The molecule has 0 aliphatic rings. The normalized spacial score (nSPS) is 11.0. The van der Waals surface area contributed by atoms with Crippen LogP contribution in [-0.2, 0) is 13.6 Å². The lowest BCUT2D eigenvalue weighted by atomic mass is 10.2. The van der Waals surface area contributed by atoms with E-state index < -0.39 is 0 Å². The molecule has 0 saturated heterocycles. The first-order valence-electron chi connectivity index (χ1n) is 5.32. The van der Waals surface area contributed by atoms with Crippen molar-refractivity contribution in [3.05, 3.63) is 29.5 Å². The zero-order chi connectivity index (χ0) is 11.7. The van der Waals surface area contributed by atoms with Crippen LogP contribution in [0, 0.1) is 13.8 Å². The second-order valence-corrected chi connectivity index (χ2v) is 3.89. The molecule has 2 rings (SSSR count). The lowest BCUT2D eigenvalue weighted by Gasteiger charge is -2.08. The average molecular weight is 219 g/mol. The number of hydrogen-bond donors (Lipinski definition) is 1. The van der Waals surface area contributed by atoms with E-state index in [0.717, 1.165) is 23.9 Å². The maximum atomic E-state index is 4.45. The monoisotopic (exact) mass is 219 g/mol. The third-order valence-electron chi connectivity index (χ3n) is 2.72. The number of imidazole rings is 1. The highest BCUT2D eigenvalue weighted by Crippen LogP contribution is 2.18. The Morgan fingerprint density at radius 2 is 2.12 bits per heavy atom. The summed E-state index contributed by atoms with van der Waals surface area (Å²) >= 11 is 0. The van der Waals surface area contributed by atoms with Crippen LogP contribution in [0.2, 0.25) is 0 Å². The quantitative estimate of drug-likeness (QED) is 0.836. The van der Waals surface area contributed by atoms with Gasteiger partial charge in [-0.2, -0.15) is 5.10 Å². The standard InChI is InChI=1S/C11H17N5/c1-8-10(7-12-3)11(15(4)14-8)16-6-5-13-9(16)2/h5-6,12H,7H2,1-4H3. The number of nitrogens with one attached hydrogen (secondary N) is 1. The van der Waals surface area contributed by atoms with Gasteiger partial charge in [0.2, 0.25) is 0 Å². The molecule has 0 amide bonds. The van der Waals surface area contributed by atoms with Gasteiger partial charge in [0, 0.05) is 31.5 Å². The molecule has 0 aliphatic heterocycles. The second-order valence-electron chi connectivity index (χ2n) is 3.89. The summed E-state index contributed by atoms with van der Waals surface area (Å²) in [4.78, 5) is 4.25. The van der Waals surface area contributed by atoms with Gasteiger partial charge in [0.25, 0.3) is 0 Å². The van der Waals surface area contributed by atoms with Crippen molar-refractivity contribution in [1.82, 2.24) is 24.6 Å². The SMILES string of the molecule is CNCc1c(C)nn(C)c1-n1ccnc1C. The van der Waals surface area contributed by atoms with Crippen LogP contribution in [0.1, 0.15) is 17.1 Å². The van der Waals surface area contributed by atoms with Crippen LogP contribution < -0.4 is 5.32 Å². The van der Waals surface area contributed by atoms with Gasteiger partial charge in [0.1, 0.15) is 11.6 Å². The summed E-state index contributed by atoms with van der Waals surface area (Å²) in [6.45, 7) is 4.83. The molecule has 0 atom stereocenters. The fraction of sp³-hybridized carbons (Fsp3) is 0.455. The van der Waals surface area contributed by atoms with E-state index in [1.807, 2.05) is 38.8 Å². The van der Waals surface area contributed by atoms with E-state index in [2.05, 4.69) is 20.0 Å². The predicted molar refractivity (Wildman–Crippen MR) is 62.6 cm³/mol. The second kappa shape index (κ2) is 4.09. The van der Waals surface area contributed by atoms with Crippen LogP contribution >= 0.6 is 0 Å². The summed E-state index contributed by atoms with van der Waals surface area (Å²) in [6, 6.07) is 0. The Morgan fingerprint density at radius 1 is 1.38 bits per heavy atom. The van der Waals surface area contributed by atoms with Gasteiger partial charge in [0.15, 0.2) is 0 Å². The van der Waals surface area contributed by atoms with Crippen molar-refractivity contribution in [2.24, 2.45) is 7.05 Å². The van der Waals surface area contributed by atoms with Crippen molar-refractivity contribution < 1.29 is 0 Å². The molecule has 0 bridgehead atoms. The number of aryl methyl sites for hydroxylation is 3. The molecule has 86 valence electrons. The van der Waals surface area contributed by atoms with Gasteiger partial charge < -0.3 is 5.32 Å². The first-order chi connectivity index (χ1) is 7.65. The van der Waals surface area contributed by atoms with Crippen LogP contribution in [0.3, 0.4) is 0 Å². The molecule has 0 aromatic carbocycles. The number of aromatic nitrogens is 4. The Bertz CT molecular complexity index is 494. The molecule has 2 aromatic rings. The average Bonchev–Trinajstić information content (AvgIpc) is 2.73. The Labute approximate surface area is 95.1 Å². The Kier molecular flexibility index (Phi) is 2.78. The van der Waals surface area contributed by atoms with Crippen molar-refractivity contribution in [1.29, 1.82) is 0 Å². The lowest BCUT2D eigenvalue weighted by molar-refractivity contribution is 0.710. The predicted octanol–water partition coefficient (Wildman–Crippen LogP) is 0.942. The van der Waals surface area contributed by atoms with Crippen molar-refractivity contribution >= 4 is 0 Å². The summed E-state index contributed by atoms with van der Waals surface area (Å²) in [5.74, 6) is 2.06. The molecule has 2 heterocycles. The third-order valence-corrected chi connectivity index (χ3v) is 2.72. The summed E-state index contributed by atoms with van der Waals surface area (Å²) < 4.78 is 3.96. The molecule has 0 fully saturated rings. The van der Waals surface area contributed by atoms with Crippen molar-refractivity contribution in [3.63, 3.8) is 0 Å². The molecule has 2 aromatic heterocycles. The van der Waals surface area contributed by atoms with Crippen molar-refractivity contribution in [2.45, 2.75) is 20.4 Å². The molecule has 0 spiro atoms. The molecule has 5 heteroatoms. The third kappa shape index (κ3) is 1.63. The summed E-state index contributed by atoms with van der Waals surface area (Å²) in [5, 5.41) is 7.63. The van der Waals surface area contributed by atoms with E-state index >= 15 is 0 Å².